The molecule has 0 aromatic carbocycles. The van der Waals surface area contributed by atoms with Gasteiger partial charge in [-0.05, 0) is 44.9 Å². The molecule has 0 amide bonds. The Morgan fingerprint density at radius 2 is 1.94 bits per heavy atom. The highest BCUT2D eigenvalue weighted by Gasteiger charge is 2.47. The minimum absolute atomic E-state index is 0.0190. The number of rotatable bonds is 5. The molecule has 0 heterocycles. The van der Waals surface area contributed by atoms with E-state index in [1.807, 2.05) is 0 Å². The lowest BCUT2D eigenvalue weighted by Gasteiger charge is -2.50. The summed E-state index contributed by atoms with van der Waals surface area (Å²) in [5, 5.41) is 10.7. The Hall–Kier alpha value is -0.120. The standard InChI is InChI=1S/C15H31NO2/c1-13(2)7-6-8-15(11-16,12(13)17)10-9-14(3,4)18-5/h12,17H,6-11,16H2,1-5H3. The van der Waals surface area contributed by atoms with E-state index in [1.54, 1.807) is 7.11 Å². The summed E-state index contributed by atoms with van der Waals surface area (Å²) < 4.78 is 5.48. The van der Waals surface area contributed by atoms with E-state index in [0.29, 0.717) is 6.54 Å². The lowest BCUT2D eigenvalue weighted by molar-refractivity contribution is -0.102. The highest BCUT2D eigenvalue weighted by atomic mass is 16.5. The number of nitrogens with two attached hydrogens (primary N) is 1. The van der Waals surface area contributed by atoms with Gasteiger partial charge in [-0.15, -0.1) is 0 Å². The second kappa shape index (κ2) is 5.48. The maximum absolute atomic E-state index is 10.7. The SMILES string of the molecule is COC(C)(C)CCC1(CN)CCCC(C)(C)C1O. The minimum atomic E-state index is -0.309. The molecule has 0 spiro atoms. The van der Waals surface area contributed by atoms with Crippen LogP contribution in [0.3, 0.4) is 0 Å². The summed E-state index contributed by atoms with van der Waals surface area (Å²) in [7, 11) is 1.75. The van der Waals surface area contributed by atoms with Gasteiger partial charge in [0.05, 0.1) is 11.7 Å². The van der Waals surface area contributed by atoms with Crippen molar-refractivity contribution in [2.75, 3.05) is 13.7 Å². The zero-order valence-electron chi connectivity index (χ0n) is 12.8. The van der Waals surface area contributed by atoms with E-state index in [1.165, 1.54) is 0 Å². The Balaban J connectivity index is 2.79. The molecule has 0 aromatic heterocycles. The average Bonchev–Trinajstić information content (AvgIpc) is 2.32. The van der Waals surface area contributed by atoms with Crippen LogP contribution < -0.4 is 5.73 Å². The van der Waals surface area contributed by atoms with E-state index in [2.05, 4.69) is 27.7 Å². The topological polar surface area (TPSA) is 55.5 Å². The van der Waals surface area contributed by atoms with Gasteiger partial charge in [0.15, 0.2) is 0 Å². The highest BCUT2D eigenvalue weighted by Crippen LogP contribution is 2.49. The zero-order valence-corrected chi connectivity index (χ0v) is 12.8. The summed E-state index contributed by atoms with van der Waals surface area (Å²) in [6.45, 7) is 9.07. The second-order valence-corrected chi connectivity index (χ2v) is 7.27. The van der Waals surface area contributed by atoms with E-state index >= 15 is 0 Å². The zero-order chi connectivity index (χ0) is 14.0. The predicted octanol–water partition coefficient (Wildman–Crippen LogP) is 2.71. The van der Waals surface area contributed by atoms with Crippen LogP contribution in [0.15, 0.2) is 0 Å². The molecule has 0 radical (unpaired) electrons. The van der Waals surface area contributed by atoms with E-state index in [-0.39, 0.29) is 22.5 Å². The van der Waals surface area contributed by atoms with Crippen LogP contribution in [0.25, 0.3) is 0 Å². The number of hydrogen-bond acceptors (Lipinski definition) is 3. The van der Waals surface area contributed by atoms with Gasteiger partial charge in [0.1, 0.15) is 0 Å². The summed E-state index contributed by atoms with van der Waals surface area (Å²) in [5.41, 5.74) is 5.74. The molecule has 0 aliphatic heterocycles. The van der Waals surface area contributed by atoms with Crippen molar-refractivity contribution in [3.05, 3.63) is 0 Å². The number of ether oxygens (including phenoxy) is 1. The first-order valence-corrected chi connectivity index (χ1v) is 7.12. The molecule has 18 heavy (non-hydrogen) atoms. The van der Waals surface area contributed by atoms with Gasteiger partial charge < -0.3 is 15.6 Å². The van der Waals surface area contributed by atoms with Crippen molar-refractivity contribution in [1.82, 2.24) is 0 Å². The Morgan fingerprint density at radius 1 is 1.33 bits per heavy atom. The third-order valence-corrected chi connectivity index (χ3v) is 5.00. The molecule has 3 heteroatoms. The first-order valence-electron chi connectivity index (χ1n) is 7.12. The largest absolute Gasteiger partial charge is 0.392 e. The van der Waals surface area contributed by atoms with Gasteiger partial charge in [0, 0.05) is 19.1 Å². The van der Waals surface area contributed by atoms with Gasteiger partial charge in [0.2, 0.25) is 0 Å². The van der Waals surface area contributed by atoms with Gasteiger partial charge in [0.25, 0.3) is 0 Å². The molecule has 1 saturated carbocycles. The van der Waals surface area contributed by atoms with Crippen molar-refractivity contribution < 1.29 is 9.84 Å². The molecule has 1 aliphatic rings. The summed E-state index contributed by atoms with van der Waals surface area (Å²) in [6, 6.07) is 0. The Labute approximate surface area is 112 Å². The van der Waals surface area contributed by atoms with Crippen molar-refractivity contribution in [3.8, 4) is 0 Å². The van der Waals surface area contributed by atoms with Crippen LogP contribution in [0.5, 0.6) is 0 Å². The van der Waals surface area contributed by atoms with Crippen LogP contribution in [0.2, 0.25) is 0 Å². The number of methoxy groups -OCH3 is 1. The Kier molecular flexibility index (Phi) is 4.85. The normalized spacial score (nSPS) is 32.5. The number of aliphatic hydroxyl groups is 1. The fraction of sp³-hybridized carbons (Fsp3) is 1.00. The van der Waals surface area contributed by atoms with Gasteiger partial charge in [-0.1, -0.05) is 20.3 Å². The van der Waals surface area contributed by atoms with Crippen LogP contribution in [0.1, 0.15) is 59.8 Å². The van der Waals surface area contributed by atoms with E-state index in [9.17, 15) is 5.11 Å². The van der Waals surface area contributed by atoms with Crippen LogP contribution in [0, 0.1) is 10.8 Å². The second-order valence-electron chi connectivity index (χ2n) is 7.27. The summed E-state index contributed by atoms with van der Waals surface area (Å²) in [5.74, 6) is 0. The summed E-state index contributed by atoms with van der Waals surface area (Å²) in [4.78, 5) is 0. The van der Waals surface area contributed by atoms with Gasteiger partial charge in [-0.2, -0.15) is 0 Å². The molecule has 3 nitrogen and oxygen atoms in total. The molecule has 108 valence electrons. The van der Waals surface area contributed by atoms with Gasteiger partial charge in [-0.3, -0.25) is 0 Å². The van der Waals surface area contributed by atoms with E-state index in [0.717, 1.165) is 32.1 Å². The lowest BCUT2D eigenvalue weighted by Crippen LogP contribution is -2.52. The summed E-state index contributed by atoms with van der Waals surface area (Å²) >= 11 is 0. The molecule has 1 fully saturated rings. The molecule has 1 aliphatic carbocycles. The van der Waals surface area contributed by atoms with Crippen molar-refractivity contribution >= 4 is 0 Å². The maximum Gasteiger partial charge on any atom is 0.0659 e. The fourth-order valence-corrected chi connectivity index (χ4v) is 3.23. The number of hydrogen-bond donors (Lipinski definition) is 2. The van der Waals surface area contributed by atoms with Crippen molar-refractivity contribution in [1.29, 1.82) is 0 Å². The van der Waals surface area contributed by atoms with E-state index in [4.69, 9.17) is 10.5 Å². The monoisotopic (exact) mass is 257 g/mol. The minimum Gasteiger partial charge on any atom is -0.392 e. The molecule has 0 saturated heterocycles. The quantitative estimate of drug-likeness (QED) is 0.796. The highest BCUT2D eigenvalue weighted by molar-refractivity contribution is 4.99. The third kappa shape index (κ3) is 3.25. The maximum atomic E-state index is 10.7. The van der Waals surface area contributed by atoms with Crippen molar-refractivity contribution in [2.45, 2.75) is 71.5 Å². The smallest absolute Gasteiger partial charge is 0.0659 e. The molecule has 2 unspecified atom stereocenters. The number of aliphatic hydroxyl groups excluding tert-OH is 1. The first kappa shape index (κ1) is 15.9. The van der Waals surface area contributed by atoms with Gasteiger partial charge in [-0.25, -0.2) is 0 Å². The molecule has 2 atom stereocenters. The molecular formula is C15H31NO2. The molecule has 3 N–H and O–H groups in total. The summed E-state index contributed by atoms with van der Waals surface area (Å²) in [6.07, 6.45) is 4.85. The van der Waals surface area contributed by atoms with Crippen LogP contribution in [-0.4, -0.2) is 30.5 Å². The van der Waals surface area contributed by atoms with Gasteiger partial charge >= 0.3 is 0 Å². The third-order valence-electron chi connectivity index (χ3n) is 5.00. The predicted molar refractivity (Wildman–Crippen MR) is 75.4 cm³/mol. The Morgan fingerprint density at radius 3 is 2.44 bits per heavy atom. The van der Waals surface area contributed by atoms with Crippen LogP contribution in [0.4, 0.5) is 0 Å². The average molecular weight is 257 g/mol. The lowest BCUT2D eigenvalue weighted by atomic mass is 9.59. The van der Waals surface area contributed by atoms with Crippen molar-refractivity contribution in [2.24, 2.45) is 16.6 Å². The Bertz CT molecular complexity index is 276. The van der Waals surface area contributed by atoms with Crippen LogP contribution in [-0.2, 0) is 4.74 Å². The molecular weight excluding hydrogens is 226 g/mol. The van der Waals surface area contributed by atoms with Crippen molar-refractivity contribution in [3.63, 3.8) is 0 Å². The fourth-order valence-electron chi connectivity index (χ4n) is 3.23. The first-order chi connectivity index (χ1) is 8.19. The van der Waals surface area contributed by atoms with E-state index < -0.39 is 0 Å². The van der Waals surface area contributed by atoms with Crippen LogP contribution >= 0.6 is 0 Å². The molecule has 0 bridgehead atoms. The molecule has 0 aromatic rings. The molecule has 1 rings (SSSR count).